The molecule has 1 N–H and O–H groups in total. The van der Waals surface area contributed by atoms with Crippen LogP contribution >= 0.6 is 0 Å². The van der Waals surface area contributed by atoms with Crippen molar-refractivity contribution in [3.63, 3.8) is 0 Å². The molecule has 0 saturated heterocycles. The maximum Gasteiger partial charge on any atom is 0.313 e. The van der Waals surface area contributed by atoms with Crippen LogP contribution in [0.3, 0.4) is 0 Å². The molecule has 0 fully saturated rings. The molecule has 0 radical (unpaired) electrons. The van der Waals surface area contributed by atoms with Crippen LogP contribution in [-0.4, -0.2) is 24.9 Å². The Labute approximate surface area is 131 Å². The van der Waals surface area contributed by atoms with Gasteiger partial charge in [0.1, 0.15) is 11.4 Å². The third kappa shape index (κ3) is 2.86. The van der Waals surface area contributed by atoms with Crippen molar-refractivity contribution in [1.82, 2.24) is 20.0 Å². The summed E-state index contributed by atoms with van der Waals surface area (Å²) < 4.78 is 1.42. The molecule has 0 atom stereocenters. The molecule has 0 spiro atoms. The number of anilines is 2. The highest BCUT2D eigenvalue weighted by Crippen LogP contribution is 2.24. The molecule has 3 rings (SSSR count). The van der Waals surface area contributed by atoms with Gasteiger partial charge in [0.25, 0.3) is 0 Å². The van der Waals surface area contributed by atoms with E-state index in [1.54, 1.807) is 26.0 Å². The van der Waals surface area contributed by atoms with Crippen molar-refractivity contribution in [1.29, 1.82) is 0 Å². The highest BCUT2D eigenvalue weighted by Gasteiger charge is 2.23. The first kappa shape index (κ1) is 14.6. The SMILES string of the molecule is Cc1nn(-c2ccc(Nc3ccccc3)nn2)c(C)c1[N+](=O)[O-]. The molecule has 0 bridgehead atoms. The average Bonchev–Trinajstić information content (AvgIpc) is 2.84. The highest BCUT2D eigenvalue weighted by atomic mass is 16.6. The van der Waals surface area contributed by atoms with Crippen LogP contribution < -0.4 is 5.32 Å². The average molecular weight is 310 g/mol. The molecule has 0 amide bonds. The van der Waals surface area contributed by atoms with Crippen LogP contribution in [0.1, 0.15) is 11.4 Å². The molecule has 23 heavy (non-hydrogen) atoms. The van der Waals surface area contributed by atoms with E-state index in [1.807, 2.05) is 30.3 Å². The van der Waals surface area contributed by atoms with Crippen molar-refractivity contribution in [2.45, 2.75) is 13.8 Å². The van der Waals surface area contributed by atoms with Gasteiger partial charge in [0.15, 0.2) is 11.6 Å². The number of aryl methyl sites for hydroxylation is 1. The minimum Gasteiger partial charge on any atom is -0.339 e. The van der Waals surface area contributed by atoms with E-state index < -0.39 is 4.92 Å². The van der Waals surface area contributed by atoms with Crippen LogP contribution in [-0.2, 0) is 0 Å². The number of hydrogen-bond donors (Lipinski definition) is 1. The van der Waals surface area contributed by atoms with Crippen molar-refractivity contribution in [3.05, 3.63) is 64.0 Å². The van der Waals surface area contributed by atoms with Gasteiger partial charge < -0.3 is 5.32 Å². The molecule has 0 aliphatic carbocycles. The fourth-order valence-corrected chi connectivity index (χ4v) is 2.30. The summed E-state index contributed by atoms with van der Waals surface area (Å²) in [6, 6.07) is 13.0. The van der Waals surface area contributed by atoms with Crippen molar-refractivity contribution >= 4 is 17.2 Å². The summed E-state index contributed by atoms with van der Waals surface area (Å²) >= 11 is 0. The number of benzene rings is 1. The summed E-state index contributed by atoms with van der Waals surface area (Å²) in [7, 11) is 0. The van der Waals surface area contributed by atoms with E-state index in [-0.39, 0.29) is 5.69 Å². The molecule has 0 saturated carbocycles. The monoisotopic (exact) mass is 310 g/mol. The Morgan fingerprint density at radius 1 is 1.09 bits per heavy atom. The standard InChI is InChI=1S/C15H14N6O2/c1-10-15(21(22)23)11(2)20(19-10)14-9-8-13(17-18-14)16-12-6-4-3-5-7-12/h3-9H,1-2H3,(H,16,17). The van der Waals surface area contributed by atoms with Gasteiger partial charge in [-0.05, 0) is 38.1 Å². The predicted octanol–water partition coefficient (Wildman–Crippen LogP) is 2.93. The smallest absolute Gasteiger partial charge is 0.313 e. The molecule has 8 nitrogen and oxygen atoms in total. The van der Waals surface area contributed by atoms with Crippen LogP contribution in [0.15, 0.2) is 42.5 Å². The second-order valence-corrected chi connectivity index (χ2v) is 4.96. The molecule has 2 aromatic heterocycles. The Morgan fingerprint density at radius 3 is 2.39 bits per heavy atom. The fraction of sp³-hybridized carbons (Fsp3) is 0.133. The van der Waals surface area contributed by atoms with Gasteiger partial charge in [0.2, 0.25) is 0 Å². The van der Waals surface area contributed by atoms with Gasteiger partial charge in [-0.25, -0.2) is 4.68 Å². The second-order valence-electron chi connectivity index (χ2n) is 4.96. The zero-order valence-corrected chi connectivity index (χ0v) is 12.6. The van der Waals surface area contributed by atoms with Gasteiger partial charge in [-0.15, -0.1) is 10.2 Å². The fourth-order valence-electron chi connectivity index (χ4n) is 2.30. The number of aromatic nitrogens is 4. The Hall–Kier alpha value is -3.29. The van der Waals surface area contributed by atoms with Crippen LogP contribution in [0, 0.1) is 24.0 Å². The number of nitrogens with one attached hydrogen (secondary N) is 1. The summed E-state index contributed by atoms with van der Waals surface area (Å²) in [5, 5.41) is 26.5. The van der Waals surface area contributed by atoms with Gasteiger partial charge >= 0.3 is 5.69 Å². The van der Waals surface area contributed by atoms with E-state index in [9.17, 15) is 10.1 Å². The van der Waals surface area contributed by atoms with Crippen molar-refractivity contribution in [2.24, 2.45) is 0 Å². The number of nitro groups is 1. The lowest BCUT2D eigenvalue weighted by molar-refractivity contribution is -0.386. The predicted molar refractivity (Wildman–Crippen MR) is 85.0 cm³/mol. The molecule has 0 aliphatic heterocycles. The second kappa shape index (κ2) is 5.84. The molecule has 0 unspecified atom stereocenters. The van der Waals surface area contributed by atoms with Gasteiger partial charge in [0.05, 0.1) is 4.92 Å². The number of nitrogens with zero attached hydrogens (tertiary/aromatic N) is 5. The lowest BCUT2D eigenvalue weighted by Gasteiger charge is -2.06. The maximum atomic E-state index is 11.1. The molecule has 116 valence electrons. The first-order valence-corrected chi connectivity index (χ1v) is 6.93. The third-order valence-electron chi connectivity index (χ3n) is 3.35. The van der Waals surface area contributed by atoms with Crippen molar-refractivity contribution in [3.8, 4) is 5.82 Å². The molecular formula is C15H14N6O2. The third-order valence-corrected chi connectivity index (χ3v) is 3.35. The van der Waals surface area contributed by atoms with E-state index in [0.717, 1.165) is 5.69 Å². The van der Waals surface area contributed by atoms with Crippen LogP contribution in [0.5, 0.6) is 0 Å². The minimum absolute atomic E-state index is 0.00159. The van der Waals surface area contributed by atoms with E-state index in [0.29, 0.717) is 23.0 Å². The lowest BCUT2D eigenvalue weighted by atomic mass is 10.3. The molecular weight excluding hydrogens is 296 g/mol. The minimum atomic E-state index is -0.438. The topological polar surface area (TPSA) is 98.8 Å². The summed E-state index contributed by atoms with van der Waals surface area (Å²) in [5.41, 5.74) is 1.67. The van der Waals surface area contributed by atoms with Crippen molar-refractivity contribution < 1.29 is 4.92 Å². The largest absolute Gasteiger partial charge is 0.339 e. The Morgan fingerprint density at radius 2 is 1.83 bits per heavy atom. The Kier molecular flexibility index (Phi) is 3.71. The number of rotatable bonds is 4. The summed E-state index contributed by atoms with van der Waals surface area (Å²) in [4.78, 5) is 10.6. The van der Waals surface area contributed by atoms with Crippen LogP contribution in [0.4, 0.5) is 17.2 Å². The normalized spacial score (nSPS) is 10.5. The van der Waals surface area contributed by atoms with Gasteiger partial charge in [0, 0.05) is 5.69 Å². The lowest BCUT2D eigenvalue weighted by Crippen LogP contribution is -2.05. The van der Waals surface area contributed by atoms with Gasteiger partial charge in [-0.3, -0.25) is 10.1 Å². The van der Waals surface area contributed by atoms with E-state index in [2.05, 4.69) is 20.6 Å². The van der Waals surface area contributed by atoms with Crippen LogP contribution in [0.25, 0.3) is 5.82 Å². The summed E-state index contributed by atoms with van der Waals surface area (Å²) in [6.07, 6.45) is 0. The number of para-hydroxylation sites is 1. The quantitative estimate of drug-likeness (QED) is 0.587. The highest BCUT2D eigenvalue weighted by molar-refractivity contribution is 5.55. The van der Waals surface area contributed by atoms with E-state index in [1.165, 1.54) is 4.68 Å². The molecule has 2 heterocycles. The Balaban J connectivity index is 1.88. The zero-order chi connectivity index (χ0) is 16.4. The maximum absolute atomic E-state index is 11.1. The van der Waals surface area contributed by atoms with Crippen LogP contribution in [0.2, 0.25) is 0 Å². The summed E-state index contributed by atoms with van der Waals surface area (Å²) in [5.74, 6) is 1.01. The molecule has 1 aromatic carbocycles. The summed E-state index contributed by atoms with van der Waals surface area (Å²) in [6.45, 7) is 3.23. The molecule has 3 aromatic rings. The van der Waals surface area contributed by atoms with Gasteiger partial charge in [-0.2, -0.15) is 5.10 Å². The first-order chi connectivity index (χ1) is 11.1. The first-order valence-electron chi connectivity index (χ1n) is 6.93. The molecule has 8 heteroatoms. The van der Waals surface area contributed by atoms with E-state index >= 15 is 0 Å². The number of hydrogen-bond acceptors (Lipinski definition) is 6. The van der Waals surface area contributed by atoms with Crippen molar-refractivity contribution in [2.75, 3.05) is 5.32 Å². The zero-order valence-electron chi connectivity index (χ0n) is 12.6. The Bertz CT molecular complexity index is 842. The van der Waals surface area contributed by atoms with Gasteiger partial charge in [-0.1, -0.05) is 18.2 Å². The van der Waals surface area contributed by atoms with E-state index in [4.69, 9.17) is 0 Å². The molecule has 0 aliphatic rings.